The molecule has 0 saturated heterocycles. The van der Waals surface area contributed by atoms with E-state index in [9.17, 15) is 5.26 Å². The first-order chi connectivity index (χ1) is 11.3. The van der Waals surface area contributed by atoms with Gasteiger partial charge in [-0.2, -0.15) is 9.64 Å². The second kappa shape index (κ2) is 6.24. The summed E-state index contributed by atoms with van der Waals surface area (Å²) in [5.74, 6) is 0.978. The third kappa shape index (κ3) is 3.02. The van der Waals surface area contributed by atoms with Crippen LogP contribution in [0.5, 0.6) is 0 Å². The number of nitriles is 1. The largest absolute Gasteiger partial charge is 0.302 e. The van der Waals surface area contributed by atoms with Crippen LogP contribution in [-0.2, 0) is 6.42 Å². The Balaban J connectivity index is 1.66. The molecule has 0 N–H and O–H groups in total. The van der Waals surface area contributed by atoms with E-state index in [2.05, 4.69) is 36.7 Å². The first-order valence-electron chi connectivity index (χ1n) is 6.95. The minimum absolute atomic E-state index is 0.260. The molecule has 5 nitrogen and oxygen atoms in total. The summed E-state index contributed by atoms with van der Waals surface area (Å²) in [5.41, 5.74) is 0.423. The lowest BCUT2D eigenvalue weighted by Crippen LogP contribution is -2.03. The van der Waals surface area contributed by atoms with Gasteiger partial charge >= 0.3 is 0 Å². The van der Waals surface area contributed by atoms with Crippen molar-refractivity contribution in [3.8, 4) is 6.07 Å². The molecular weight excluding hydrogens is 370 g/mol. The smallest absolute Gasteiger partial charge is 0.197 e. The van der Waals surface area contributed by atoms with E-state index in [1.165, 1.54) is 28.2 Å². The van der Waals surface area contributed by atoms with Crippen molar-refractivity contribution in [2.24, 2.45) is 0 Å². The van der Waals surface area contributed by atoms with Crippen LogP contribution in [0.15, 0.2) is 26.9 Å². The number of nitrogens with zero attached hydrogens (tertiary/aromatic N) is 5. The predicted octanol–water partition coefficient (Wildman–Crippen LogP) is 4.40. The zero-order chi connectivity index (χ0) is 15.8. The van der Waals surface area contributed by atoms with Crippen LogP contribution in [0.25, 0.3) is 0 Å². The fraction of sp³-hybridized carbons (Fsp3) is 0.286. The monoisotopic (exact) mass is 379 g/mol. The fourth-order valence-corrected chi connectivity index (χ4v) is 5.14. The van der Waals surface area contributed by atoms with Gasteiger partial charge < -0.3 is 4.57 Å². The average molecular weight is 380 g/mol. The van der Waals surface area contributed by atoms with Crippen LogP contribution in [0, 0.1) is 11.3 Å². The van der Waals surface area contributed by atoms with Gasteiger partial charge in [0.2, 0.25) is 0 Å². The molecule has 4 rings (SSSR count). The Kier molecular flexibility index (Phi) is 4.11. The van der Waals surface area contributed by atoms with Gasteiger partial charge in [-0.05, 0) is 47.6 Å². The Morgan fingerprint density at radius 3 is 3.00 bits per heavy atom. The van der Waals surface area contributed by atoms with Gasteiger partial charge in [0.1, 0.15) is 21.7 Å². The molecule has 0 radical (unpaired) electrons. The van der Waals surface area contributed by atoms with Gasteiger partial charge in [-0.25, -0.2) is 0 Å². The third-order valence-corrected chi connectivity index (χ3v) is 6.69. The zero-order valence-electron chi connectivity index (χ0n) is 11.8. The van der Waals surface area contributed by atoms with Crippen molar-refractivity contribution in [2.75, 3.05) is 0 Å². The number of halogens is 1. The molecule has 0 aliphatic heterocycles. The molecule has 3 heterocycles. The zero-order valence-corrected chi connectivity index (χ0v) is 15.0. The molecule has 116 valence electrons. The number of hydrogen-bond acceptors (Lipinski definition) is 7. The normalized spacial score (nSPS) is 14.1. The van der Waals surface area contributed by atoms with Gasteiger partial charge in [-0.3, -0.25) is 0 Å². The van der Waals surface area contributed by atoms with Crippen LogP contribution >= 0.6 is 46.2 Å². The minimum atomic E-state index is 0.260. The van der Waals surface area contributed by atoms with Crippen LogP contribution in [0.3, 0.4) is 0 Å². The molecule has 1 aliphatic rings. The second-order valence-corrected chi connectivity index (χ2v) is 8.51. The van der Waals surface area contributed by atoms with E-state index < -0.39 is 0 Å². The molecule has 3 aromatic heterocycles. The Morgan fingerprint density at radius 1 is 1.43 bits per heavy atom. The lowest BCUT2D eigenvalue weighted by molar-refractivity contribution is 0.635. The van der Waals surface area contributed by atoms with Crippen LogP contribution in [0.4, 0.5) is 0 Å². The lowest BCUT2D eigenvalue weighted by Gasteiger charge is -2.07. The summed E-state index contributed by atoms with van der Waals surface area (Å²) < 4.78 is 7.03. The maximum Gasteiger partial charge on any atom is 0.197 e. The van der Waals surface area contributed by atoms with Gasteiger partial charge in [0.05, 0.1) is 0 Å². The fourth-order valence-electron chi connectivity index (χ4n) is 2.27. The van der Waals surface area contributed by atoms with Gasteiger partial charge in [-0.15, -0.1) is 21.5 Å². The summed E-state index contributed by atoms with van der Waals surface area (Å²) in [7, 11) is 0. The molecule has 1 aliphatic carbocycles. The molecule has 1 fully saturated rings. The molecule has 3 aromatic rings. The van der Waals surface area contributed by atoms with Crippen molar-refractivity contribution in [3.63, 3.8) is 0 Å². The Morgan fingerprint density at radius 2 is 2.30 bits per heavy atom. The Hall–Kier alpha value is -1.40. The third-order valence-electron chi connectivity index (χ3n) is 3.47. The van der Waals surface area contributed by atoms with Gasteiger partial charge in [0.25, 0.3) is 0 Å². The molecular formula is C14H10ClN5S3. The molecule has 0 atom stereocenters. The molecule has 0 spiro atoms. The lowest BCUT2D eigenvalue weighted by atomic mass is 10.3. The summed E-state index contributed by atoms with van der Waals surface area (Å²) >= 11 is 10.3. The quantitative estimate of drug-likeness (QED) is 0.657. The highest BCUT2D eigenvalue weighted by Gasteiger charge is 2.30. The maximum absolute atomic E-state index is 9.21. The number of thiophene rings is 1. The Bertz CT molecular complexity index is 873. The molecule has 0 unspecified atom stereocenters. The van der Waals surface area contributed by atoms with Crippen LogP contribution < -0.4 is 0 Å². The Labute approximate surface area is 150 Å². The van der Waals surface area contributed by atoms with Crippen LogP contribution in [0.2, 0.25) is 5.15 Å². The van der Waals surface area contributed by atoms with E-state index in [1.807, 2.05) is 6.07 Å². The van der Waals surface area contributed by atoms with E-state index in [-0.39, 0.29) is 5.15 Å². The molecule has 0 aromatic carbocycles. The standard InChI is InChI=1S/C14H10ClN5S3/c15-12-10(7-16)13(23-19-12)22-14-18-17-11(20(14)8-3-4-8)6-9-2-1-5-21-9/h1-2,5,8H,3-4,6H2. The van der Waals surface area contributed by atoms with Gasteiger partial charge in [0.15, 0.2) is 10.3 Å². The highest BCUT2D eigenvalue weighted by atomic mass is 35.5. The highest BCUT2D eigenvalue weighted by Crippen LogP contribution is 2.42. The van der Waals surface area contributed by atoms with E-state index in [0.29, 0.717) is 11.6 Å². The molecule has 23 heavy (non-hydrogen) atoms. The van der Waals surface area contributed by atoms with Crippen molar-refractivity contribution in [1.82, 2.24) is 19.1 Å². The first kappa shape index (κ1) is 15.1. The maximum atomic E-state index is 9.21. The molecule has 9 heteroatoms. The van der Waals surface area contributed by atoms with E-state index in [0.717, 1.165) is 34.5 Å². The minimum Gasteiger partial charge on any atom is -0.302 e. The van der Waals surface area contributed by atoms with Crippen LogP contribution in [0.1, 0.15) is 35.1 Å². The van der Waals surface area contributed by atoms with Crippen molar-refractivity contribution >= 4 is 46.2 Å². The summed E-state index contributed by atoms with van der Waals surface area (Å²) in [5, 5.41) is 21.1. The average Bonchev–Trinajstić information content (AvgIpc) is 2.95. The molecule has 1 saturated carbocycles. The van der Waals surface area contributed by atoms with Gasteiger partial charge in [0, 0.05) is 17.3 Å². The van der Waals surface area contributed by atoms with Crippen molar-refractivity contribution in [2.45, 2.75) is 34.7 Å². The SMILES string of the molecule is N#Cc1c(Cl)nsc1Sc1nnc(Cc2cccs2)n1C1CC1. The highest BCUT2D eigenvalue weighted by molar-refractivity contribution is 8.01. The molecule has 0 bridgehead atoms. The number of aromatic nitrogens is 4. The van der Waals surface area contributed by atoms with Crippen molar-refractivity contribution < 1.29 is 0 Å². The van der Waals surface area contributed by atoms with E-state index >= 15 is 0 Å². The summed E-state index contributed by atoms with van der Waals surface area (Å²) in [6.45, 7) is 0. The number of hydrogen-bond donors (Lipinski definition) is 0. The summed E-state index contributed by atoms with van der Waals surface area (Å²) in [6, 6.07) is 6.74. The predicted molar refractivity (Wildman–Crippen MR) is 91.4 cm³/mol. The van der Waals surface area contributed by atoms with E-state index in [4.69, 9.17) is 11.6 Å². The number of rotatable bonds is 5. The first-order valence-corrected chi connectivity index (χ1v) is 9.80. The summed E-state index contributed by atoms with van der Waals surface area (Å²) in [6.07, 6.45) is 3.09. The topological polar surface area (TPSA) is 67.4 Å². The summed E-state index contributed by atoms with van der Waals surface area (Å²) in [4.78, 5) is 1.27. The second-order valence-electron chi connectivity index (χ2n) is 5.11. The van der Waals surface area contributed by atoms with Crippen molar-refractivity contribution in [3.05, 3.63) is 38.9 Å². The van der Waals surface area contributed by atoms with Crippen molar-refractivity contribution in [1.29, 1.82) is 5.26 Å². The van der Waals surface area contributed by atoms with Gasteiger partial charge in [-0.1, -0.05) is 17.7 Å². The molecule has 0 amide bonds. The van der Waals surface area contributed by atoms with E-state index in [1.54, 1.807) is 11.3 Å². The van der Waals surface area contributed by atoms with Crippen LogP contribution in [-0.4, -0.2) is 19.1 Å².